The molecule has 1 aromatic heterocycles. The summed E-state index contributed by atoms with van der Waals surface area (Å²) in [5.74, 6) is 0. The number of nitrogens with one attached hydrogen (secondary N) is 1. The second-order valence-electron chi connectivity index (χ2n) is 3.00. The smallest absolute Gasteiger partial charge is 0.305 e. The van der Waals surface area contributed by atoms with Crippen LogP contribution in [0.15, 0.2) is 35.1 Å². The lowest BCUT2D eigenvalue weighted by molar-refractivity contribution is -0.0450. The zero-order chi connectivity index (χ0) is 10.8. The van der Waals surface area contributed by atoms with Gasteiger partial charge in [0, 0.05) is 0 Å². The molecule has 0 atom stereocenters. The van der Waals surface area contributed by atoms with Gasteiger partial charge in [0.1, 0.15) is 0 Å². The molecule has 5 heteroatoms. The molecular weight excluding hydrogens is 214 g/mol. The van der Waals surface area contributed by atoms with Crippen molar-refractivity contribution in [2.24, 2.45) is 0 Å². The predicted molar refractivity (Wildman–Crippen MR) is 57.6 cm³/mol. The number of hydrogen-bond donors (Lipinski definition) is 3. The van der Waals surface area contributed by atoms with E-state index in [1.807, 2.05) is 30.3 Å². The van der Waals surface area contributed by atoms with E-state index in [2.05, 4.69) is 4.98 Å². The highest BCUT2D eigenvalue weighted by atomic mass is 32.1. The summed E-state index contributed by atoms with van der Waals surface area (Å²) in [4.78, 5) is 13.8. The van der Waals surface area contributed by atoms with Crippen molar-refractivity contribution >= 4 is 11.3 Å². The number of aromatic amines is 1. The number of thiazole rings is 1. The third-order valence-corrected chi connectivity index (χ3v) is 2.92. The van der Waals surface area contributed by atoms with Gasteiger partial charge in [-0.25, -0.2) is 0 Å². The Morgan fingerprint density at radius 2 is 1.87 bits per heavy atom. The Hall–Kier alpha value is -1.43. The number of hydrogen-bond acceptors (Lipinski definition) is 4. The second kappa shape index (κ2) is 3.98. The lowest BCUT2D eigenvalue weighted by Crippen LogP contribution is -2.01. The zero-order valence-electron chi connectivity index (χ0n) is 7.68. The van der Waals surface area contributed by atoms with Crippen molar-refractivity contribution in [3.8, 4) is 10.4 Å². The molecule has 0 amide bonds. The predicted octanol–water partition coefficient (Wildman–Crippen LogP) is 1.09. The van der Waals surface area contributed by atoms with Crippen LogP contribution in [0.5, 0.6) is 0 Å². The fourth-order valence-electron chi connectivity index (χ4n) is 1.33. The van der Waals surface area contributed by atoms with Crippen molar-refractivity contribution in [2.45, 2.75) is 6.29 Å². The van der Waals surface area contributed by atoms with E-state index in [0.29, 0.717) is 4.88 Å². The van der Waals surface area contributed by atoms with Gasteiger partial charge in [0.05, 0.1) is 10.6 Å². The molecule has 0 unspecified atom stereocenters. The van der Waals surface area contributed by atoms with Gasteiger partial charge in [0.15, 0.2) is 6.29 Å². The molecule has 0 saturated carbocycles. The SMILES string of the molecule is O=c1[nH]c(C(O)O)c(-c2ccccc2)s1. The topological polar surface area (TPSA) is 73.3 Å². The third-order valence-electron chi connectivity index (χ3n) is 1.97. The van der Waals surface area contributed by atoms with Gasteiger partial charge in [-0.05, 0) is 5.56 Å². The summed E-state index contributed by atoms with van der Waals surface area (Å²) in [6.07, 6.45) is -1.65. The Morgan fingerprint density at radius 3 is 2.47 bits per heavy atom. The van der Waals surface area contributed by atoms with Gasteiger partial charge in [-0.1, -0.05) is 41.7 Å². The maximum atomic E-state index is 11.1. The van der Waals surface area contributed by atoms with E-state index >= 15 is 0 Å². The van der Waals surface area contributed by atoms with Crippen molar-refractivity contribution < 1.29 is 10.2 Å². The van der Waals surface area contributed by atoms with Gasteiger partial charge in [-0.15, -0.1) is 0 Å². The van der Waals surface area contributed by atoms with Crippen LogP contribution in [0, 0.1) is 0 Å². The molecule has 0 saturated heterocycles. The van der Waals surface area contributed by atoms with Crippen molar-refractivity contribution in [3.63, 3.8) is 0 Å². The molecule has 0 spiro atoms. The molecule has 0 aliphatic carbocycles. The van der Waals surface area contributed by atoms with Crippen molar-refractivity contribution in [1.82, 2.24) is 4.98 Å². The molecule has 4 nitrogen and oxygen atoms in total. The Bertz CT molecular complexity index is 501. The first-order valence-corrected chi connectivity index (χ1v) is 5.14. The van der Waals surface area contributed by atoms with Crippen molar-refractivity contribution in [1.29, 1.82) is 0 Å². The van der Waals surface area contributed by atoms with Crippen LogP contribution in [0.3, 0.4) is 0 Å². The van der Waals surface area contributed by atoms with Crippen molar-refractivity contribution in [2.75, 3.05) is 0 Å². The lowest BCUT2D eigenvalue weighted by atomic mass is 10.1. The van der Waals surface area contributed by atoms with Crippen molar-refractivity contribution in [3.05, 3.63) is 45.7 Å². The van der Waals surface area contributed by atoms with E-state index in [-0.39, 0.29) is 10.6 Å². The standard InChI is InChI=1S/C10H9NO3S/c12-9(13)7-8(15-10(14)11-7)6-4-2-1-3-5-6/h1-5,9,12-13H,(H,11,14). The normalized spacial score (nSPS) is 10.9. The molecule has 2 rings (SSSR count). The second-order valence-corrected chi connectivity index (χ2v) is 3.98. The van der Waals surface area contributed by atoms with Gasteiger partial charge >= 0.3 is 4.87 Å². The molecule has 15 heavy (non-hydrogen) atoms. The molecule has 2 aromatic rings. The molecule has 78 valence electrons. The molecule has 0 aliphatic heterocycles. The molecule has 0 bridgehead atoms. The van der Waals surface area contributed by atoms with Crippen LogP contribution in [-0.4, -0.2) is 15.2 Å². The Labute approximate surface area is 89.5 Å². The van der Waals surface area contributed by atoms with Crippen LogP contribution >= 0.6 is 11.3 Å². The van der Waals surface area contributed by atoms with Gasteiger partial charge < -0.3 is 15.2 Å². The third kappa shape index (κ3) is 1.99. The van der Waals surface area contributed by atoms with Gasteiger partial charge in [-0.2, -0.15) is 0 Å². The Morgan fingerprint density at radius 1 is 1.20 bits per heavy atom. The summed E-state index contributed by atoms with van der Waals surface area (Å²) in [5.41, 5.74) is 0.945. The molecule has 1 aromatic carbocycles. The molecule has 0 radical (unpaired) electrons. The van der Waals surface area contributed by atoms with Crippen LogP contribution in [0.25, 0.3) is 10.4 Å². The Balaban J connectivity index is 2.58. The van der Waals surface area contributed by atoms with Gasteiger partial charge in [0.25, 0.3) is 0 Å². The number of benzene rings is 1. The minimum Gasteiger partial charge on any atom is -0.363 e. The summed E-state index contributed by atoms with van der Waals surface area (Å²) in [7, 11) is 0. The van der Waals surface area contributed by atoms with Gasteiger partial charge in [0.2, 0.25) is 0 Å². The monoisotopic (exact) mass is 223 g/mol. The molecular formula is C10H9NO3S. The maximum absolute atomic E-state index is 11.1. The number of H-pyrrole nitrogens is 1. The van der Waals surface area contributed by atoms with E-state index in [1.54, 1.807) is 0 Å². The fraction of sp³-hybridized carbons (Fsp3) is 0.100. The van der Waals surface area contributed by atoms with E-state index in [0.717, 1.165) is 16.9 Å². The number of aromatic nitrogens is 1. The highest BCUT2D eigenvalue weighted by Gasteiger charge is 2.15. The fourth-order valence-corrected chi connectivity index (χ4v) is 2.19. The average Bonchev–Trinajstić information content (AvgIpc) is 2.62. The minimum atomic E-state index is -1.65. The molecule has 3 N–H and O–H groups in total. The summed E-state index contributed by atoms with van der Waals surface area (Å²) < 4.78 is 0. The van der Waals surface area contributed by atoms with E-state index in [4.69, 9.17) is 10.2 Å². The van der Waals surface area contributed by atoms with E-state index < -0.39 is 6.29 Å². The first-order chi connectivity index (χ1) is 7.18. The largest absolute Gasteiger partial charge is 0.363 e. The summed E-state index contributed by atoms with van der Waals surface area (Å²) in [6.45, 7) is 0. The molecule has 1 heterocycles. The number of aliphatic hydroxyl groups is 2. The highest BCUT2D eigenvalue weighted by molar-refractivity contribution is 7.13. The highest BCUT2D eigenvalue weighted by Crippen LogP contribution is 2.27. The first-order valence-electron chi connectivity index (χ1n) is 4.33. The minimum absolute atomic E-state index is 0.149. The Kier molecular flexibility index (Phi) is 2.68. The van der Waals surface area contributed by atoms with Crippen LogP contribution in [-0.2, 0) is 0 Å². The lowest BCUT2D eigenvalue weighted by Gasteiger charge is -2.03. The van der Waals surface area contributed by atoms with Crippen LogP contribution in [0.2, 0.25) is 0 Å². The first kappa shape index (κ1) is 10.1. The summed E-state index contributed by atoms with van der Waals surface area (Å²) in [6, 6.07) is 9.13. The molecule has 0 fully saturated rings. The maximum Gasteiger partial charge on any atom is 0.305 e. The van der Waals surface area contributed by atoms with Crippen LogP contribution < -0.4 is 4.87 Å². The van der Waals surface area contributed by atoms with Crippen LogP contribution in [0.4, 0.5) is 0 Å². The van der Waals surface area contributed by atoms with Crippen LogP contribution in [0.1, 0.15) is 12.0 Å². The number of rotatable bonds is 2. The average molecular weight is 223 g/mol. The van der Waals surface area contributed by atoms with E-state index in [1.165, 1.54) is 0 Å². The van der Waals surface area contributed by atoms with E-state index in [9.17, 15) is 4.79 Å². The molecule has 0 aliphatic rings. The summed E-state index contributed by atoms with van der Waals surface area (Å²) >= 11 is 0.965. The zero-order valence-corrected chi connectivity index (χ0v) is 8.49. The number of aliphatic hydroxyl groups excluding tert-OH is 1. The summed E-state index contributed by atoms with van der Waals surface area (Å²) in [5, 5.41) is 18.1. The quantitative estimate of drug-likeness (QED) is 0.667. The van der Waals surface area contributed by atoms with Gasteiger partial charge in [-0.3, -0.25) is 4.79 Å².